The number of benzene rings is 2. The molecule has 174 valence electrons. The van der Waals surface area contributed by atoms with Gasteiger partial charge in [0.05, 0.1) is 28.9 Å². The lowest BCUT2D eigenvalue weighted by atomic mass is 10.2. The van der Waals surface area contributed by atoms with Gasteiger partial charge in [0.25, 0.3) is 5.91 Å². The Hall–Kier alpha value is -2.75. The van der Waals surface area contributed by atoms with Crippen LogP contribution in [-0.2, 0) is 11.3 Å². The average Bonchev–Trinajstić information content (AvgIpc) is 3.23. The molecule has 2 amide bonds. The fraction of sp³-hybridized carbons (Fsp3) is 0.273. The number of rotatable bonds is 9. The summed E-state index contributed by atoms with van der Waals surface area (Å²) in [6.07, 6.45) is 0. The zero-order chi connectivity index (χ0) is 24.0. The second-order valence-corrected chi connectivity index (χ2v) is 8.73. The number of halogens is 2. The first-order chi connectivity index (χ1) is 15.8. The number of hydrogen-bond donors (Lipinski definition) is 2. The van der Waals surface area contributed by atoms with E-state index in [0.717, 1.165) is 0 Å². The zero-order valence-corrected chi connectivity index (χ0v) is 20.6. The summed E-state index contributed by atoms with van der Waals surface area (Å²) in [5, 5.41) is 15.5. The lowest BCUT2D eigenvalue weighted by Crippen LogP contribution is -2.28. The van der Waals surface area contributed by atoms with Crippen molar-refractivity contribution in [3.63, 3.8) is 0 Å². The summed E-state index contributed by atoms with van der Waals surface area (Å²) < 4.78 is 6.99. The van der Waals surface area contributed by atoms with E-state index in [9.17, 15) is 9.59 Å². The quantitative estimate of drug-likeness (QED) is 0.402. The number of carbonyl (C=O) groups is 2. The molecule has 1 atom stereocenters. The van der Waals surface area contributed by atoms with Crippen LogP contribution in [0.15, 0.2) is 47.6 Å². The van der Waals surface area contributed by atoms with E-state index in [1.165, 1.54) is 11.8 Å². The predicted octanol–water partition coefficient (Wildman–Crippen LogP) is 4.84. The van der Waals surface area contributed by atoms with Crippen LogP contribution in [0.2, 0.25) is 10.0 Å². The van der Waals surface area contributed by atoms with Gasteiger partial charge in [0.2, 0.25) is 5.91 Å². The molecular weight excluding hydrogens is 485 g/mol. The van der Waals surface area contributed by atoms with Gasteiger partial charge in [-0.2, -0.15) is 0 Å². The van der Waals surface area contributed by atoms with Gasteiger partial charge in [-0.25, -0.2) is 0 Å². The number of nitrogens with one attached hydrogen (secondary N) is 2. The molecule has 0 aliphatic heterocycles. The van der Waals surface area contributed by atoms with Crippen molar-refractivity contribution in [2.45, 2.75) is 31.6 Å². The number of nitrogens with zero attached hydrogens (tertiary/aromatic N) is 3. The lowest BCUT2D eigenvalue weighted by Gasteiger charge is -2.15. The van der Waals surface area contributed by atoms with E-state index in [1.807, 2.05) is 18.4 Å². The fourth-order valence-electron chi connectivity index (χ4n) is 3.01. The van der Waals surface area contributed by atoms with E-state index in [2.05, 4.69) is 20.8 Å². The standard InChI is InChI=1S/C22H23Cl2N5O3S/c1-4-29-20(13(2)25-21(31)14-5-8-16(32-3)9-6-14)27-28-22(29)33-12-19(30)26-15-7-10-17(23)18(24)11-15/h5-11,13H,4,12H2,1-3H3,(H,25,31)(H,26,30). The van der Waals surface area contributed by atoms with E-state index in [1.54, 1.807) is 49.6 Å². The largest absolute Gasteiger partial charge is 0.497 e. The Kier molecular flexibility index (Phi) is 8.60. The number of ether oxygens (including phenoxy) is 1. The van der Waals surface area contributed by atoms with E-state index in [-0.39, 0.29) is 23.6 Å². The molecule has 3 aromatic rings. The molecule has 3 rings (SSSR count). The van der Waals surface area contributed by atoms with E-state index < -0.39 is 0 Å². The number of methoxy groups -OCH3 is 1. The fourth-order valence-corrected chi connectivity index (χ4v) is 4.12. The Bertz CT molecular complexity index is 1140. The summed E-state index contributed by atoms with van der Waals surface area (Å²) in [6, 6.07) is 11.3. The van der Waals surface area contributed by atoms with Crippen LogP contribution in [0.25, 0.3) is 0 Å². The number of hydrogen-bond acceptors (Lipinski definition) is 6. The molecule has 0 spiro atoms. The molecule has 2 aromatic carbocycles. The van der Waals surface area contributed by atoms with Crippen molar-refractivity contribution in [3.8, 4) is 5.75 Å². The van der Waals surface area contributed by atoms with Gasteiger partial charge in [-0.15, -0.1) is 10.2 Å². The Morgan fingerprint density at radius 2 is 1.85 bits per heavy atom. The van der Waals surface area contributed by atoms with Gasteiger partial charge in [-0.1, -0.05) is 35.0 Å². The molecule has 0 saturated heterocycles. The molecule has 0 fully saturated rings. The smallest absolute Gasteiger partial charge is 0.251 e. The third-order valence-electron chi connectivity index (χ3n) is 4.68. The van der Waals surface area contributed by atoms with Crippen molar-refractivity contribution in [1.29, 1.82) is 0 Å². The van der Waals surface area contributed by atoms with Gasteiger partial charge < -0.3 is 19.9 Å². The molecule has 2 N–H and O–H groups in total. The summed E-state index contributed by atoms with van der Waals surface area (Å²) in [4.78, 5) is 24.9. The van der Waals surface area contributed by atoms with Crippen LogP contribution in [0.3, 0.4) is 0 Å². The van der Waals surface area contributed by atoms with Crippen molar-refractivity contribution >= 4 is 52.5 Å². The van der Waals surface area contributed by atoms with Gasteiger partial charge in [0, 0.05) is 17.8 Å². The summed E-state index contributed by atoms with van der Waals surface area (Å²) in [7, 11) is 1.57. The van der Waals surface area contributed by atoms with Crippen LogP contribution < -0.4 is 15.4 Å². The highest BCUT2D eigenvalue weighted by atomic mass is 35.5. The monoisotopic (exact) mass is 507 g/mol. The third-order valence-corrected chi connectivity index (χ3v) is 6.39. The normalized spacial score (nSPS) is 11.7. The van der Waals surface area contributed by atoms with Crippen LogP contribution in [0, 0.1) is 0 Å². The van der Waals surface area contributed by atoms with Gasteiger partial charge in [-0.3, -0.25) is 9.59 Å². The predicted molar refractivity (Wildman–Crippen MR) is 130 cm³/mol. The molecule has 0 saturated carbocycles. The lowest BCUT2D eigenvalue weighted by molar-refractivity contribution is -0.113. The first-order valence-electron chi connectivity index (χ1n) is 10.1. The molecule has 8 nitrogen and oxygen atoms in total. The van der Waals surface area contributed by atoms with Gasteiger partial charge in [-0.05, 0) is 56.3 Å². The number of carbonyl (C=O) groups excluding carboxylic acids is 2. The molecule has 1 aromatic heterocycles. The van der Waals surface area contributed by atoms with Crippen molar-refractivity contribution in [2.75, 3.05) is 18.2 Å². The average molecular weight is 508 g/mol. The first-order valence-corrected chi connectivity index (χ1v) is 11.8. The minimum atomic E-state index is -0.383. The topological polar surface area (TPSA) is 98.1 Å². The van der Waals surface area contributed by atoms with Crippen LogP contribution in [0.1, 0.15) is 36.1 Å². The minimum Gasteiger partial charge on any atom is -0.497 e. The summed E-state index contributed by atoms with van der Waals surface area (Å²) >= 11 is 13.1. The van der Waals surface area contributed by atoms with E-state index >= 15 is 0 Å². The number of amides is 2. The number of aromatic nitrogens is 3. The van der Waals surface area contributed by atoms with Gasteiger partial charge in [0.1, 0.15) is 5.75 Å². The first kappa shape index (κ1) is 24.9. The highest BCUT2D eigenvalue weighted by Gasteiger charge is 2.20. The van der Waals surface area contributed by atoms with Gasteiger partial charge >= 0.3 is 0 Å². The Morgan fingerprint density at radius 3 is 2.48 bits per heavy atom. The summed E-state index contributed by atoms with van der Waals surface area (Å²) in [6.45, 7) is 4.37. The van der Waals surface area contributed by atoms with Crippen LogP contribution in [0.4, 0.5) is 5.69 Å². The molecular formula is C22H23Cl2N5O3S. The minimum absolute atomic E-state index is 0.130. The van der Waals surface area contributed by atoms with Crippen LogP contribution >= 0.6 is 35.0 Å². The van der Waals surface area contributed by atoms with Crippen molar-refractivity contribution < 1.29 is 14.3 Å². The highest BCUT2D eigenvalue weighted by molar-refractivity contribution is 7.99. The Labute approximate surface area is 206 Å². The second kappa shape index (κ2) is 11.4. The Balaban J connectivity index is 1.61. The molecule has 0 aliphatic carbocycles. The third kappa shape index (κ3) is 6.40. The molecule has 0 radical (unpaired) electrons. The second-order valence-electron chi connectivity index (χ2n) is 6.97. The van der Waals surface area contributed by atoms with Crippen LogP contribution in [-0.4, -0.2) is 39.4 Å². The molecule has 1 heterocycles. The maximum atomic E-state index is 12.6. The molecule has 33 heavy (non-hydrogen) atoms. The SMILES string of the molecule is CCn1c(SCC(=O)Nc2ccc(Cl)c(Cl)c2)nnc1C(C)NC(=O)c1ccc(OC)cc1. The molecule has 11 heteroatoms. The summed E-state index contributed by atoms with van der Waals surface area (Å²) in [5.74, 6) is 0.963. The van der Waals surface area contributed by atoms with Gasteiger partial charge in [0.15, 0.2) is 11.0 Å². The Morgan fingerprint density at radius 1 is 1.12 bits per heavy atom. The van der Waals surface area contributed by atoms with E-state index in [0.29, 0.717) is 44.6 Å². The maximum Gasteiger partial charge on any atom is 0.251 e. The van der Waals surface area contributed by atoms with Crippen molar-refractivity contribution in [1.82, 2.24) is 20.1 Å². The number of anilines is 1. The number of thioether (sulfide) groups is 1. The van der Waals surface area contributed by atoms with E-state index in [4.69, 9.17) is 27.9 Å². The van der Waals surface area contributed by atoms with Crippen molar-refractivity contribution in [3.05, 3.63) is 63.9 Å². The molecule has 0 bridgehead atoms. The zero-order valence-electron chi connectivity index (χ0n) is 18.3. The molecule has 1 unspecified atom stereocenters. The molecule has 0 aliphatic rings. The maximum absolute atomic E-state index is 12.6. The summed E-state index contributed by atoms with van der Waals surface area (Å²) in [5.41, 5.74) is 1.07. The van der Waals surface area contributed by atoms with Crippen molar-refractivity contribution in [2.24, 2.45) is 0 Å². The highest BCUT2D eigenvalue weighted by Crippen LogP contribution is 2.26. The van der Waals surface area contributed by atoms with Crippen LogP contribution in [0.5, 0.6) is 5.75 Å².